The van der Waals surface area contributed by atoms with Gasteiger partial charge < -0.3 is 9.52 Å². The molecular weight excluding hydrogens is 194 g/mol. The van der Waals surface area contributed by atoms with Crippen LogP contribution in [0.25, 0.3) is 11.1 Å². The molecule has 1 aromatic carbocycles. The van der Waals surface area contributed by atoms with E-state index in [0.717, 1.165) is 11.1 Å². The van der Waals surface area contributed by atoms with Gasteiger partial charge >= 0.3 is 5.76 Å². The monoisotopic (exact) mass is 207 g/mol. The minimum atomic E-state index is -0.500. The molecule has 0 aliphatic rings. The minimum Gasteiger partial charge on any atom is -0.408 e. The molecule has 0 aliphatic heterocycles. The minimum absolute atomic E-state index is 0.381. The molecule has 0 fully saturated rings. The van der Waals surface area contributed by atoms with Crippen molar-refractivity contribution in [2.75, 3.05) is 0 Å². The number of rotatable bonds is 2. The van der Waals surface area contributed by atoms with Crippen LogP contribution < -0.4 is 5.76 Å². The van der Waals surface area contributed by atoms with Gasteiger partial charge in [0.15, 0.2) is 5.58 Å². The van der Waals surface area contributed by atoms with Gasteiger partial charge in [0.1, 0.15) is 0 Å². The highest BCUT2D eigenvalue weighted by molar-refractivity contribution is 5.73. The van der Waals surface area contributed by atoms with Gasteiger partial charge in [-0.15, -0.1) is 0 Å². The largest absolute Gasteiger partial charge is 0.419 e. The van der Waals surface area contributed by atoms with Gasteiger partial charge in [-0.25, -0.2) is 4.79 Å². The molecule has 1 unspecified atom stereocenters. The number of aliphatic hydroxyl groups is 1. The van der Waals surface area contributed by atoms with Gasteiger partial charge in [-0.2, -0.15) is 0 Å². The van der Waals surface area contributed by atoms with Crippen LogP contribution in [0.15, 0.2) is 27.4 Å². The summed E-state index contributed by atoms with van der Waals surface area (Å²) in [6, 6.07) is 5.31. The summed E-state index contributed by atoms with van der Waals surface area (Å²) < 4.78 is 6.47. The third-order valence-corrected chi connectivity index (χ3v) is 2.59. The summed E-state index contributed by atoms with van der Waals surface area (Å²) in [6.07, 6.45) is 0.141. The average molecular weight is 207 g/mol. The van der Waals surface area contributed by atoms with Gasteiger partial charge in [-0.05, 0) is 24.1 Å². The average Bonchev–Trinajstić information content (AvgIpc) is 2.53. The van der Waals surface area contributed by atoms with Gasteiger partial charge in [-0.3, -0.25) is 4.57 Å². The first kappa shape index (κ1) is 9.98. The van der Waals surface area contributed by atoms with E-state index in [2.05, 4.69) is 0 Å². The lowest BCUT2D eigenvalue weighted by Crippen LogP contribution is -2.08. The second kappa shape index (κ2) is 3.55. The van der Waals surface area contributed by atoms with Crippen molar-refractivity contribution < 1.29 is 9.52 Å². The molecule has 0 aliphatic carbocycles. The van der Waals surface area contributed by atoms with Crippen molar-refractivity contribution in [3.8, 4) is 0 Å². The topological polar surface area (TPSA) is 55.4 Å². The summed E-state index contributed by atoms with van der Waals surface area (Å²) in [5.41, 5.74) is 2.04. The number of hydrogen-bond donors (Lipinski definition) is 1. The summed E-state index contributed by atoms with van der Waals surface area (Å²) in [5.74, 6) is -0.381. The molecule has 0 spiro atoms. The molecule has 2 rings (SSSR count). The normalized spacial score (nSPS) is 13.3. The van der Waals surface area contributed by atoms with Gasteiger partial charge in [0.25, 0.3) is 0 Å². The second-order valence-electron chi connectivity index (χ2n) is 3.58. The molecule has 0 saturated carbocycles. The summed E-state index contributed by atoms with van der Waals surface area (Å²) in [7, 11) is 1.66. The summed E-state index contributed by atoms with van der Waals surface area (Å²) in [4.78, 5) is 11.2. The van der Waals surface area contributed by atoms with Crippen LogP contribution in [-0.2, 0) is 7.05 Å². The van der Waals surface area contributed by atoms with E-state index in [0.29, 0.717) is 12.0 Å². The van der Waals surface area contributed by atoms with Crippen molar-refractivity contribution in [1.29, 1.82) is 0 Å². The van der Waals surface area contributed by atoms with Crippen molar-refractivity contribution in [3.05, 3.63) is 34.3 Å². The maximum absolute atomic E-state index is 11.2. The molecule has 0 amide bonds. The Hall–Kier alpha value is -1.55. The van der Waals surface area contributed by atoms with Crippen LogP contribution in [-0.4, -0.2) is 9.67 Å². The number of aliphatic hydroxyl groups excluding tert-OH is 1. The van der Waals surface area contributed by atoms with Crippen molar-refractivity contribution in [2.24, 2.45) is 7.05 Å². The lowest BCUT2D eigenvalue weighted by Gasteiger charge is -2.06. The maximum Gasteiger partial charge on any atom is 0.419 e. The Bertz CT molecular complexity index is 538. The fourth-order valence-electron chi connectivity index (χ4n) is 1.59. The highest BCUT2D eigenvalue weighted by Crippen LogP contribution is 2.21. The predicted molar refractivity (Wildman–Crippen MR) is 56.7 cm³/mol. The van der Waals surface area contributed by atoms with Crippen LogP contribution in [0.1, 0.15) is 25.0 Å². The first-order valence-corrected chi connectivity index (χ1v) is 4.91. The Morgan fingerprint density at radius 1 is 1.53 bits per heavy atom. The molecule has 4 nitrogen and oxygen atoms in total. The number of fused-ring (bicyclic) bond motifs is 1. The van der Waals surface area contributed by atoms with E-state index in [1.807, 2.05) is 13.0 Å². The molecule has 15 heavy (non-hydrogen) atoms. The number of aromatic nitrogens is 1. The Kier molecular flexibility index (Phi) is 2.36. The van der Waals surface area contributed by atoms with Gasteiger partial charge in [0, 0.05) is 7.05 Å². The third-order valence-electron chi connectivity index (χ3n) is 2.59. The Balaban J connectivity index is 2.62. The van der Waals surface area contributed by atoms with Crippen molar-refractivity contribution in [3.63, 3.8) is 0 Å². The van der Waals surface area contributed by atoms with Crippen LogP contribution in [0.3, 0.4) is 0 Å². The first-order chi connectivity index (χ1) is 7.13. The number of aryl methyl sites for hydroxylation is 1. The van der Waals surface area contributed by atoms with E-state index >= 15 is 0 Å². The third kappa shape index (κ3) is 1.57. The molecule has 2 aromatic rings. The molecule has 1 aromatic heterocycles. The molecule has 1 N–H and O–H groups in total. The van der Waals surface area contributed by atoms with Crippen molar-refractivity contribution in [2.45, 2.75) is 19.4 Å². The van der Waals surface area contributed by atoms with Gasteiger partial charge in [-0.1, -0.05) is 13.0 Å². The standard InChI is InChI=1S/C11H13NO3/c1-3-9(13)7-4-5-8-10(6-7)15-11(14)12(8)2/h4-6,9,13H,3H2,1-2H3. The Morgan fingerprint density at radius 3 is 2.93 bits per heavy atom. The first-order valence-electron chi connectivity index (χ1n) is 4.91. The number of oxazole rings is 1. The van der Waals surface area contributed by atoms with E-state index in [1.165, 1.54) is 4.57 Å². The molecule has 80 valence electrons. The fraction of sp³-hybridized carbons (Fsp3) is 0.364. The van der Waals surface area contributed by atoms with E-state index < -0.39 is 6.10 Å². The summed E-state index contributed by atoms with van der Waals surface area (Å²) in [6.45, 7) is 1.90. The lowest BCUT2D eigenvalue weighted by atomic mass is 10.1. The summed E-state index contributed by atoms with van der Waals surface area (Å²) >= 11 is 0. The lowest BCUT2D eigenvalue weighted by molar-refractivity contribution is 0.173. The quantitative estimate of drug-likeness (QED) is 0.813. The molecule has 4 heteroatoms. The molecule has 1 atom stereocenters. The maximum atomic E-state index is 11.2. The fourth-order valence-corrected chi connectivity index (χ4v) is 1.59. The summed E-state index contributed by atoms with van der Waals surface area (Å²) in [5, 5.41) is 9.64. The van der Waals surface area contributed by atoms with Crippen LogP contribution >= 0.6 is 0 Å². The highest BCUT2D eigenvalue weighted by atomic mass is 16.4. The molecule has 0 saturated heterocycles. The zero-order valence-electron chi connectivity index (χ0n) is 8.73. The van der Waals surface area contributed by atoms with E-state index in [1.54, 1.807) is 19.2 Å². The van der Waals surface area contributed by atoms with E-state index in [9.17, 15) is 9.90 Å². The highest BCUT2D eigenvalue weighted by Gasteiger charge is 2.09. The zero-order valence-corrected chi connectivity index (χ0v) is 8.73. The number of nitrogens with zero attached hydrogens (tertiary/aromatic N) is 1. The van der Waals surface area contributed by atoms with Crippen LogP contribution in [0.4, 0.5) is 0 Å². The van der Waals surface area contributed by atoms with Crippen LogP contribution in [0.5, 0.6) is 0 Å². The number of benzene rings is 1. The van der Waals surface area contributed by atoms with Gasteiger partial charge in [0.05, 0.1) is 11.6 Å². The molecular formula is C11H13NO3. The van der Waals surface area contributed by atoms with Crippen molar-refractivity contribution >= 4 is 11.1 Å². The zero-order chi connectivity index (χ0) is 11.0. The SMILES string of the molecule is CCC(O)c1ccc2c(c1)oc(=O)n2C. The van der Waals surface area contributed by atoms with Crippen LogP contribution in [0, 0.1) is 0 Å². The molecule has 0 radical (unpaired) electrons. The van der Waals surface area contributed by atoms with Gasteiger partial charge in [0.2, 0.25) is 0 Å². The Labute approximate surface area is 86.8 Å². The molecule has 0 bridgehead atoms. The molecule has 1 heterocycles. The smallest absolute Gasteiger partial charge is 0.408 e. The van der Waals surface area contributed by atoms with Crippen molar-refractivity contribution in [1.82, 2.24) is 4.57 Å². The van der Waals surface area contributed by atoms with E-state index in [4.69, 9.17) is 4.42 Å². The Morgan fingerprint density at radius 2 is 2.27 bits per heavy atom. The predicted octanol–water partition coefficient (Wildman–Crippen LogP) is 1.57. The number of hydrogen-bond acceptors (Lipinski definition) is 3. The second-order valence-corrected chi connectivity index (χ2v) is 3.58. The van der Waals surface area contributed by atoms with E-state index in [-0.39, 0.29) is 5.76 Å². The van der Waals surface area contributed by atoms with Crippen LogP contribution in [0.2, 0.25) is 0 Å².